The SMILES string of the molecule is C=C(C)C(=O)OCCNC(=O)N(CCCNC(C)=O)C(=O)NCCOC(=O)C(=C)C. The van der Waals surface area contributed by atoms with E-state index in [1.165, 1.54) is 20.8 Å². The Morgan fingerprint density at radius 2 is 1.17 bits per heavy atom. The van der Waals surface area contributed by atoms with Crippen LogP contribution in [0.25, 0.3) is 0 Å². The fourth-order valence-electron chi connectivity index (χ4n) is 1.84. The molecule has 0 atom stereocenters. The molecular formula is C19H30N4O7. The number of rotatable bonds is 12. The maximum Gasteiger partial charge on any atom is 0.333 e. The second kappa shape index (κ2) is 14.6. The minimum Gasteiger partial charge on any atom is -0.460 e. The molecule has 168 valence electrons. The maximum absolute atomic E-state index is 12.3. The summed E-state index contributed by atoms with van der Waals surface area (Å²) in [5.74, 6) is -1.40. The predicted octanol–water partition coefficient (Wildman–Crippen LogP) is 0.472. The van der Waals surface area contributed by atoms with Crippen LogP contribution in [0.4, 0.5) is 9.59 Å². The first-order chi connectivity index (χ1) is 14.1. The highest BCUT2D eigenvalue weighted by Gasteiger charge is 2.21. The Hall–Kier alpha value is -3.37. The van der Waals surface area contributed by atoms with Crippen molar-refractivity contribution in [1.82, 2.24) is 20.9 Å². The maximum atomic E-state index is 12.3. The number of carbonyl (C=O) groups excluding carboxylic acids is 5. The van der Waals surface area contributed by atoms with Gasteiger partial charge >= 0.3 is 24.0 Å². The fraction of sp³-hybridized carbons (Fsp3) is 0.526. The van der Waals surface area contributed by atoms with E-state index >= 15 is 0 Å². The van der Waals surface area contributed by atoms with Crippen molar-refractivity contribution in [3.8, 4) is 0 Å². The monoisotopic (exact) mass is 426 g/mol. The summed E-state index contributed by atoms with van der Waals surface area (Å²) in [5, 5.41) is 7.50. The summed E-state index contributed by atoms with van der Waals surface area (Å²) in [4.78, 5) is 59.1. The summed E-state index contributed by atoms with van der Waals surface area (Å²) < 4.78 is 9.73. The number of esters is 2. The number of ether oxygens (including phenoxy) is 2. The molecule has 5 amide bonds. The minimum absolute atomic E-state index is 0.0104. The molecule has 3 N–H and O–H groups in total. The van der Waals surface area contributed by atoms with Crippen LogP contribution in [0.2, 0.25) is 0 Å². The standard InChI is InChI=1S/C19H30N4O7/c1-13(2)16(25)29-11-8-21-18(27)23(10-6-7-20-15(5)24)19(28)22-9-12-30-17(26)14(3)4/h1,3,6-12H2,2,4-5H3,(H,20,24)(H,21,27)(H,22,28). The smallest absolute Gasteiger partial charge is 0.333 e. The zero-order valence-electron chi connectivity index (χ0n) is 17.7. The van der Waals surface area contributed by atoms with Gasteiger partial charge in [-0.15, -0.1) is 0 Å². The largest absolute Gasteiger partial charge is 0.460 e. The number of imide groups is 1. The predicted molar refractivity (Wildman–Crippen MR) is 108 cm³/mol. The Morgan fingerprint density at radius 1 is 0.733 bits per heavy atom. The van der Waals surface area contributed by atoms with E-state index in [0.29, 0.717) is 6.42 Å². The van der Waals surface area contributed by atoms with Gasteiger partial charge in [0.15, 0.2) is 0 Å². The van der Waals surface area contributed by atoms with E-state index in [1.54, 1.807) is 0 Å². The third-order valence-corrected chi connectivity index (χ3v) is 3.34. The van der Waals surface area contributed by atoms with Crippen LogP contribution in [0.5, 0.6) is 0 Å². The van der Waals surface area contributed by atoms with Crippen LogP contribution < -0.4 is 16.0 Å². The minimum atomic E-state index is -0.708. The van der Waals surface area contributed by atoms with Crippen molar-refractivity contribution >= 4 is 29.9 Å². The van der Waals surface area contributed by atoms with Crippen LogP contribution in [0, 0.1) is 0 Å². The first kappa shape index (κ1) is 26.6. The summed E-state index contributed by atoms with van der Waals surface area (Å²) in [6, 6.07) is -1.42. The zero-order chi connectivity index (χ0) is 23.1. The van der Waals surface area contributed by atoms with Gasteiger partial charge in [-0.25, -0.2) is 24.1 Å². The average molecular weight is 426 g/mol. The normalized spacial score (nSPS) is 9.70. The molecule has 0 aliphatic carbocycles. The molecule has 0 aliphatic heterocycles. The van der Waals surface area contributed by atoms with Crippen LogP contribution in [0.1, 0.15) is 27.2 Å². The highest BCUT2D eigenvalue weighted by Crippen LogP contribution is 1.96. The molecule has 30 heavy (non-hydrogen) atoms. The number of nitrogens with zero attached hydrogens (tertiary/aromatic N) is 1. The summed E-state index contributed by atoms with van der Waals surface area (Å²) in [6.45, 7) is 11.3. The molecule has 0 aromatic heterocycles. The molecular weight excluding hydrogens is 396 g/mol. The highest BCUT2D eigenvalue weighted by molar-refractivity contribution is 5.93. The average Bonchev–Trinajstić information content (AvgIpc) is 2.67. The number of hydrogen-bond donors (Lipinski definition) is 3. The molecule has 0 aromatic carbocycles. The highest BCUT2D eigenvalue weighted by atomic mass is 16.5. The van der Waals surface area contributed by atoms with Crippen molar-refractivity contribution in [2.45, 2.75) is 27.2 Å². The molecule has 0 aromatic rings. The molecule has 0 unspecified atom stereocenters. The van der Waals surface area contributed by atoms with Crippen molar-refractivity contribution in [3.63, 3.8) is 0 Å². The van der Waals surface area contributed by atoms with Gasteiger partial charge in [0.1, 0.15) is 13.2 Å². The molecule has 0 bridgehead atoms. The molecule has 0 radical (unpaired) electrons. The molecule has 11 heteroatoms. The summed E-state index contributed by atoms with van der Waals surface area (Å²) >= 11 is 0. The topological polar surface area (TPSA) is 143 Å². The Balaban J connectivity index is 4.60. The van der Waals surface area contributed by atoms with Gasteiger partial charge in [-0.1, -0.05) is 13.2 Å². The summed E-state index contributed by atoms with van der Waals surface area (Å²) in [5.41, 5.74) is 0.459. The van der Waals surface area contributed by atoms with Crippen LogP contribution in [-0.4, -0.2) is 74.2 Å². The molecule has 0 saturated carbocycles. The molecule has 0 heterocycles. The third-order valence-electron chi connectivity index (χ3n) is 3.34. The van der Waals surface area contributed by atoms with Crippen molar-refractivity contribution in [3.05, 3.63) is 24.3 Å². The molecule has 0 aliphatic rings. The lowest BCUT2D eigenvalue weighted by Gasteiger charge is -2.22. The van der Waals surface area contributed by atoms with E-state index in [-0.39, 0.29) is 56.4 Å². The molecule has 11 nitrogen and oxygen atoms in total. The van der Waals surface area contributed by atoms with Crippen LogP contribution in [-0.2, 0) is 23.9 Å². The van der Waals surface area contributed by atoms with Gasteiger partial charge in [-0.2, -0.15) is 0 Å². The number of urea groups is 2. The van der Waals surface area contributed by atoms with Gasteiger partial charge in [-0.3, -0.25) is 4.79 Å². The van der Waals surface area contributed by atoms with E-state index in [9.17, 15) is 24.0 Å². The Kier molecular flexibility index (Phi) is 13.0. The van der Waals surface area contributed by atoms with Crippen molar-refractivity contribution in [1.29, 1.82) is 0 Å². The van der Waals surface area contributed by atoms with Crippen LogP contribution in [0.3, 0.4) is 0 Å². The van der Waals surface area contributed by atoms with Gasteiger partial charge in [-0.05, 0) is 20.3 Å². The first-order valence-corrected chi connectivity index (χ1v) is 9.29. The van der Waals surface area contributed by atoms with Crippen LogP contribution in [0.15, 0.2) is 24.3 Å². The number of carbonyl (C=O) groups is 5. The Bertz CT molecular complexity index is 630. The zero-order valence-corrected chi connectivity index (χ0v) is 17.7. The first-order valence-electron chi connectivity index (χ1n) is 9.29. The van der Waals surface area contributed by atoms with Crippen molar-refractivity contribution in [2.24, 2.45) is 0 Å². The fourth-order valence-corrected chi connectivity index (χ4v) is 1.84. The van der Waals surface area contributed by atoms with Gasteiger partial charge in [0.05, 0.1) is 13.1 Å². The van der Waals surface area contributed by atoms with Crippen molar-refractivity contribution < 1.29 is 33.4 Å². The molecule has 0 fully saturated rings. The molecule has 0 saturated heterocycles. The second-order valence-electron chi connectivity index (χ2n) is 6.28. The van der Waals surface area contributed by atoms with Gasteiger partial charge in [0.25, 0.3) is 0 Å². The van der Waals surface area contributed by atoms with E-state index in [1.807, 2.05) is 0 Å². The van der Waals surface area contributed by atoms with E-state index < -0.39 is 24.0 Å². The molecule has 0 rings (SSSR count). The third kappa shape index (κ3) is 12.2. The van der Waals surface area contributed by atoms with Gasteiger partial charge in [0, 0.05) is 31.2 Å². The number of amides is 5. The Morgan fingerprint density at radius 3 is 1.53 bits per heavy atom. The van der Waals surface area contributed by atoms with Gasteiger partial charge < -0.3 is 25.4 Å². The van der Waals surface area contributed by atoms with Crippen LogP contribution >= 0.6 is 0 Å². The van der Waals surface area contributed by atoms with E-state index in [0.717, 1.165) is 4.90 Å². The van der Waals surface area contributed by atoms with Crippen molar-refractivity contribution in [2.75, 3.05) is 39.4 Å². The summed E-state index contributed by atoms with van der Waals surface area (Å²) in [7, 11) is 0. The lowest BCUT2D eigenvalue weighted by atomic mass is 10.4. The summed E-state index contributed by atoms with van der Waals surface area (Å²) in [6.07, 6.45) is 0.329. The second-order valence-corrected chi connectivity index (χ2v) is 6.28. The lowest BCUT2D eigenvalue weighted by Crippen LogP contribution is -2.50. The van der Waals surface area contributed by atoms with E-state index in [4.69, 9.17) is 9.47 Å². The molecule has 0 spiro atoms. The Labute approximate surface area is 175 Å². The number of nitrogens with one attached hydrogen (secondary N) is 3. The lowest BCUT2D eigenvalue weighted by molar-refractivity contribution is -0.139. The quantitative estimate of drug-likeness (QED) is 0.234. The van der Waals surface area contributed by atoms with E-state index in [2.05, 4.69) is 29.1 Å². The number of hydrogen-bond acceptors (Lipinski definition) is 7. The van der Waals surface area contributed by atoms with Gasteiger partial charge in [0.2, 0.25) is 5.91 Å².